The fraction of sp³-hybridized carbons (Fsp3) is 0.143. The van der Waals surface area contributed by atoms with E-state index in [0.717, 1.165) is 42.2 Å². The molecule has 0 unspecified atom stereocenters. The number of nitrogens with one attached hydrogen (secondary N) is 2. The molecule has 7 rings (SSSR count). The number of pyridine rings is 2. The summed E-state index contributed by atoms with van der Waals surface area (Å²) in [5, 5.41) is 24.2. The zero-order chi connectivity index (χ0) is 40.9. The van der Waals surface area contributed by atoms with E-state index in [1.807, 2.05) is 24.3 Å². The summed E-state index contributed by atoms with van der Waals surface area (Å²) >= 11 is 0. The minimum Gasteiger partial charge on any atom is -0.497 e. The van der Waals surface area contributed by atoms with Crippen molar-refractivity contribution in [1.82, 2.24) is 9.97 Å². The van der Waals surface area contributed by atoms with Gasteiger partial charge in [0.25, 0.3) is 0 Å². The molecule has 0 saturated heterocycles. The monoisotopic (exact) mass is 784 g/mol. The molecule has 2 heterocycles. The Balaban J connectivity index is 0.000000193. The van der Waals surface area contributed by atoms with Crippen molar-refractivity contribution in [2.24, 2.45) is 0 Å². The number of nitrogens with zero attached hydrogens (tertiary/aromatic N) is 2. The summed E-state index contributed by atoms with van der Waals surface area (Å²) in [5.41, 5.74) is 3.75. The number of ether oxygens (including phenoxy) is 2. The van der Waals surface area contributed by atoms with E-state index >= 15 is 0 Å². The first-order valence-electron chi connectivity index (χ1n) is 17.2. The highest BCUT2D eigenvalue weighted by molar-refractivity contribution is 5.95. The number of benzene rings is 4. The number of carbonyl (C=O) groups is 2. The van der Waals surface area contributed by atoms with Crippen LogP contribution in [0.15, 0.2) is 109 Å². The van der Waals surface area contributed by atoms with Crippen molar-refractivity contribution in [3.63, 3.8) is 0 Å². The smallest absolute Gasteiger partial charge is 0.497 e. The molecule has 0 amide bonds. The summed E-state index contributed by atoms with van der Waals surface area (Å²) < 4.78 is 75.4. The van der Waals surface area contributed by atoms with Crippen molar-refractivity contribution in [1.29, 1.82) is 0 Å². The minimum atomic E-state index is -4.83. The van der Waals surface area contributed by atoms with Crippen molar-refractivity contribution < 1.29 is 51.2 Å². The second kappa shape index (κ2) is 16.8. The van der Waals surface area contributed by atoms with E-state index < -0.39 is 35.7 Å². The van der Waals surface area contributed by atoms with Crippen LogP contribution in [0.1, 0.15) is 50.6 Å². The predicted octanol–water partition coefficient (Wildman–Crippen LogP) is 10.8. The summed E-state index contributed by atoms with van der Waals surface area (Å²) in [6, 6.07) is 24.2. The van der Waals surface area contributed by atoms with E-state index in [-0.39, 0.29) is 34.1 Å². The van der Waals surface area contributed by atoms with Gasteiger partial charge in [-0.05, 0) is 120 Å². The number of aromatic carboxylic acids is 2. The molecule has 4 N–H and O–H groups in total. The third-order valence-electron chi connectivity index (χ3n) is 8.69. The van der Waals surface area contributed by atoms with E-state index in [1.54, 1.807) is 38.4 Å². The first-order chi connectivity index (χ1) is 27.2. The molecule has 6 aromatic rings. The molecule has 0 bridgehead atoms. The number of aromatic nitrogens is 2. The lowest BCUT2D eigenvalue weighted by Crippen LogP contribution is -2.17. The molecule has 15 heteroatoms. The van der Waals surface area contributed by atoms with Crippen LogP contribution in [0.4, 0.5) is 45.0 Å². The van der Waals surface area contributed by atoms with Gasteiger partial charge >= 0.3 is 18.3 Å². The molecule has 4 aromatic carbocycles. The van der Waals surface area contributed by atoms with Gasteiger partial charge in [0.05, 0.1) is 18.5 Å². The molecule has 0 atom stereocenters. The number of aryl methyl sites for hydroxylation is 1. The first kappa shape index (κ1) is 39.7. The van der Waals surface area contributed by atoms with Crippen LogP contribution in [0.25, 0.3) is 22.3 Å². The number of alkyl halides is 3. The van der Waals surface area contributed by atoms with Crippen molar-refractivity contribution in [3.05, 3.63) is 143 Å². The zero-order valence-electron chi connectivity index (χ0n) is 30.2. The Morgan fingerprint density at radius 3 is 1.67 bits per heavy atom. The standard InChI is InChI=1S/C22H19FN2O3.C20H14F4N2O3/c1-28-17-4-2-3-14(9-17)15-7-8-20(19(23)11-15)25-21-18(22(26)27)10-16(12-24-21)13-5-6-13;1-11-7-15(19(27)28)18(25-10-11)26-17-6-5-13(9-16(17)21)12-3-2-4-14(8-12)29-20(22,23)24/h2-4,7-13H,5-6H2,1H3,(H,24,25)(H,26,27);2-10H,1H3,(H,25,26)(H,27,28). The lowest BCUT2D eigenvalue weighted by atomic mass is 10.0. The van der Waals surface area contributed by atoms with Gasteiger partial charge in [-0.2, -0.15) is 0 Å². The van der Waals surface area contributed by atoms with Gasteiger partial charge in [0, 0.05) is 12.4 Å². The largest absolute Gasteiger partial charge is 0.573 e. The van der Waals surface area contributed by atoms with Crippen molar-refractivity contribution >= 4 is 34.9 Å². The van der Waals surface area contributed by atoms with Crippen molar-refractivity contribution in [2.75, 3.05) is 17.7 Å². The highest BCUT2D eigenvalue weighted by atomic mass is 19.4. The summed E-state index contributed by atoms with van der Waals surface area (Å²) in [5.74, 6) is -2.79. The summed E-state index contributed by atoms with van der Waals surface area (Å²) in [4.78, 5) is 31.2. The number of halogens is 5. The van der Waals surface area contributed by atoms with Crippen LogP contribution in [0, 0.1) is 18.6 Å². The molecule has 292 valence electrons. The number of methoxy groups -OCH3 is 1. The van der Waals surface area contributed by atoms with Gasteiger partial charge in [0.1, 0.15) is 45.9 Å². The first-order valence-corrected chi connectivity index (χ1v) is 17.2. The fourth-order valence-corrected chi connectivity index (χ4v) is 5.74. The molecule has 1 saturated carbocycles. The van der Waals surface area contributed by atoms with E-state index in [4.69, 9.17) is 4.74 Å². The number of carboxylic acid groups (broad SMARTS) is 2. The zero-order valence-corrected chi connectivity index (χ0v) is 30.2. The average Bonchev–Trinajstić information content (AvgIpc) is 4.03. The minimum absolute atomic E-state index is 0.0321. The van der Waals surface area contributed by atoms with Gasteiger partial charge in [-0.3, -0.25) is 0 Å². The Morgan fingerprint density at radius 1 is 0.684 bits per heavy atom. The maximum Gasteiger partial charge on any atom is 0.573 e. The molecule has 1 aliphatic carbocycles. The van der Waals surface area contributed by atoms with E-state index in [2.05, 4.69) is 25.3 Å². The lowest BCUT2D eigenvalue weighted by molar-refractivity contribution is -0.274. The van der Waals surface area contributed by atoms with Crippen molar-refractivity contribution in [3.8, 4) is 33.8 Å². The summed E-state index contributed by atoms with van der Waals surface area (Å²) in [6.45, 7) is 1.68. The van der Waals surface area contributed by atoms with Gasteiger partial charge in [0.2, 0.25) is 0 Å². The Labute approximate surface area is 322 Å². The van der Waals surface area contributed by atoms with Gasteiger partial charge in [-0.25, -0.2) is 28.3 Å². The van der Waals surface area contributed by atoms with Gasteiger partial charge < -0.3 is 30.3 Å². The van der Waals surface area contributed by atoms with Gasteiger partial charge in [0.15, 0.2) is 0 Å². The molecule has 0 aliphatic heterocycles. The fourth-order valence-electron chi connectivity index (χ4n) is 5.74. The van der Waals surface area contributed by atoms with Gasteiger partial charge in [-0.15, -0.1) is 13.2 Å². The molecule has 0 spiro atoms. The number of rotatable bonds is 11. The van der Waals surface area contributed by atoms with Gasteiger partial charge in [-0.1, -0.05) is 36.4 Å². The molecule has 0 radical (unpaired) electrons. The highest BCUT2D eigenvalue weighted by Gasteiger charge is 2.31. The second-order valence-electron chi connectivity index (χ2n) is 12.9. The topological polar surface area (TPSA) is 143 Å². The molecular formula is C42H33F5N4O6. The number of hydrogen-bond acceptors (Lipinski definition) is 8. The second-order valence-corrected chi connectivity index (χ2v) is 12.9. The van der Waals surface area contributed by atoms with Crippen molar-refractivity contribution in [2.45, 2.75) is 32.0 Å². The molecule has 1 fully saturated rings. The SMILES string of the molecule is COc1cccc(-c2ccc(Nc3ncc(C4CC4)cc3C(=O)O)c(F)c2)c1.Cc1cnc(Nc2ccc(-c3cccc(OC(F)(F)F)c3)cc2F)c(C(=O)O)c1. The highest BCUT2D eigenvalue weighted by Crippen LogP contribution is 2.41. The Bertz CT molecular complexity index is 2460. The van der Waals surface area contributed by atoms with Crippen LogP contribution >= 0.6 is 0 Å². The molecule has 57 heavy (non-hydrogen) atoms. The molecular weight excluding hydrogens is 751 g/mol. The van der Waals surface area contributed by atoms with E-state index in [1.165, 1.54) is 42.6 Å². The predicted molar refractivity (Wildman–Crippen MR) is 203 cm³/mol. The van der Waals surface area contributed by atoms with E-state index in [0.29, 0.717) is 33.9 Å². The Kier molecular flexibility index (Phi) is 11.7. The molecule has 10 nitrogen and oxygen atoms in total. The van der Waals surface area contributed by atoms with Crippen LogP contribution in [0.3, 0.4) is 0 Å². The third kappa shape index (κ3) is 10.2. The number of hydrogen-bond donors (Lipinski definition) is 4. The Morgan fingerprint density at radius 2 is 1.18 bits per heavy atom. The lowest BCUT2D eigenvalue weighted by Gasteiger charge is -2.12. The molecule has 2 aromatic heterocycles. The number of carboxylic acids is 2. The average molecular weight is 785 g/mol. The summed E-state index contributed by atoms with van der Waals surface area (Å²) in [7, 11) is 1.58. The van der Waals surface area contributed by atoms with Crippen LogP contribution in [0.2, 0.25) is 0 Å². The van der Waals surface area contributed by atoms with Crippen LogP contribution in [0.5, 0.6) is 11.5 Å². The van der Waals surface area contributed by atoms with Crippen LogP contribution in [-0.4, -0.2) is 45.6 Å². The molecule has 1 aliphatic rings. The normalized spacial score (nSPS) is 12.2. The maximum absolute atomic E-state index is 14.7. The maximum atomic E-state index is 14.7. The third-order valence-corrected chi connectivity index (χ3v) is 8.69. The van der Waals surface area contributed by atoms with E-state index in [9.17, 15) is 41.8 Å². The quantitative estimate of drug-likeness (QED) is 0.0938. The van der Waals surface area contributed by atoms with Crippen LogP contribution in [-0.2, 0) is 0 Å². The Hall–Kier alpha value is -7.03. The van der Waals surface area contributed by atoms with Crippen LogP contribution < -0.4 is 20.1 Å². The summed E-state index contributed by atoms with van der Waals surface area (Å²) in [6.07, 6.45) is 0.366. The number of anilines is 4.